The molecule has 0 unspecified atom stereocenters. The third kappa shape index (κ3) is 4.58. The minimum Gasteiger partial charge on any atom is -0.351 e. The van der Waals surface area contributed by atoms with Gasteiger partial charge in [0.15, 0.2) is 0 Å². The number of rotatable bonds is 7. The average molecular weight is 358 g/mol. The highest BCUT2D eigenvalue weighted by molar-refractivity contribution is 7.87. The fourth-order valence-electron chi connectivity index (χ4n) is 3.82. The van der Waals surface area contributed by atoms with Gasteiger partial charge in [-0.2, -0.15) is 17.4 Å². The first-order valence-corrected chi connectivity index (χ1v) is 10.5. The van der Waals surface area contributed by atoms with Crippen LogP contribution in [0.2, 0.25) is 0 Å². The Labute approximate surface area is 146 Å². The molecular weight excluding hydrogens is 326 g/mol. The summed E-state index contributed by atoms with van der Waals surface area (Å²) in [5, 5.41) is 2.78. The van der Waals surface area contributed by atoms with Crippen molar-refractivity contribution in [2.24, 2.45) is 0 Å². The highest BCUT2D eigenvalue weighted by atomic mass is 32.2. The van der Waals surface area contributed by atoms with Gasteiger partial charge in [0, 0.05) is 19.6 Å². The standard InChI is InChI=1S/C17H31N3O3S/c1-3-14-18-16(21)17(12-8-5-9-13-17)19-24(22,23)20(2)15-10-6-4-7-11-15/h3,15,19H,1,4-14H2,2H3,(H,18,21). The molecule has 0 aliphatic heterocycles. The molecule has 0 radical (unpaired) electrons. The van der Waals surface area contributed by atoms with Crippen molar-refractivity contribution in [2.75, 3.05) is 13.6 Å². The van der Waals surface area contributed by atoms with E-state index in [1.165, 1.54) is 10.7 Å². The normalized spacial score (nSPS) is 22.2. The Morgan fingerprint density at radius 2 is 1.75 bits per heavy atom. The Hall–Kier alpha value is -0.920. The van der Waals surface area contributed by atoms with Crippen LogP contribution in [0.25, 0.3) is 0 Å². The van der Waals surface area contributed by atoms with Crippen LogP contribution < -0.4 is 10.0 Å². The molecule has 0 bridgehead atoms. The van der Waals surface area contributed by atoms with E-state index in [0.29, 0.717) is 19.4 Å². The molecule has 2 saturated carbocycles. The van der Waals surface area contributed by atoms with E-state index in [1.54, 1.807) is 13.1 Å². The number of carbonyl (C=O) groups is 1. The lowest BCUT2D eigenvalue weighted by molar-refractivity contribution is -0.128. The van der Waals surface area contributed by atoms with Crippen molar-refractivity contribution in [3.8, 4) is 0 Å². The molecule has 6 nitrogen and oxygen atoms in total. The van der Waals surface area contributed by atoms with Gasteiger partial charge in [-0.25, -0.2) is 0 Å². The molecule has 0 aromatic rings. The molecule has 2 rings (SSSR count). The molecule has 0 saturated heterocycles. The van der Waals surface area contributed by atoms with E-state index in [2.05, 4.69) is 16.6 Å². The molecule has 0 atom stereocenters. The van der Waals surface area contributed by atoms with Crippen molar-refractivity contribution >= 4 is 16.1 Å². The summed E-state index contributed by atoms with van der Waals surface area (Å²) in [7, 11) is -2.06. The Morgan fingerprint density at radius 1 is 1.17 bits per heavy atom. The number of hydrogen-bond donors (Lipinski definition) is 2. The minimum atomic E-state index is -3.69. The molecule has 2 N–H and O–H groups in total. The van der Waals surface area contributed by atoms with Crippen LogP contribution in [0.15, 0.2) is 12.7 Å². The summed E-state index contributed by atoms with van der Waals surface area (Å²) < 4.78 is 30.0. The van der Waals surface area contributed by atoms with E-state index in [-0.39, 0.29) is 11.9 Å². The van der Waals surface area contributed by atoms with Gasteiger partial charge in [0.05, 0.1) is 0 Å². The van der Waals surface area contributed by atoms with Gasteiger partial charge in [0.2, 0.25) is 5.91 Å². The average Bonchev–Trinajstić information content (AvgIpc) is 2.60. The zero-order chi connectivity index (χ0) is 17.6. The van der Waals surface area contributed by atoms with Gasteiger partial charge in [-0.1, -0.05) is 44.6 Å². The van der Waals surface area contributed by atoms with E-state index < -0.39 is 15.7 Å². The fourth-order valence-corrected chi connectivity index (χ4v) is 5.36. The zero-order valence-corrected chi connectivity index (χ0v) is 15.5. The number of hydrogen-bond acceptors (Lipinski definition) is 3. The van der Waals surface area contributed by atoms with Crippen molar-refractivity contribution in [1.29, 1.82) is 0 Å². The number of amides is 1. The SMILES string of the molecule is C=CCNC(=O)C1(NS(=O)(=O)N(C)C2CCCCC2)CCCCC1. The highest BCUT2D eigenvalue weighted by Crippen LogP contribution is 2.31. The molecule has 2 fully saturated rings. The smallest absolute Gasteiger partial charge is 0.280 e. The van der Waals surface area contributed by atoms with Crippen molar-refractivity contribution in [3.63, 3.8) is 0 Å². The number of nitrogens with zero attached hydrogens (tertiary/aromatic N) is 1. The van der Waals surface area contributed by atoms with Gasteiger partial charge in [-0.05, 0) is 25.7 Å². The third-order valence-electron chi connectivity index (χ3n) is 5.34. The van der Waals surface area contributed by atoms with Crippen molar-refractivity contribution in [1.82, 2.24) is 14.3 Å². The summed E-state index contributed by atoms with van der Waals surface area (Å²) in [6.45, 7) is 3.95. The lowest BCUT2D eigenvalue weighted by atomic mass is 9.82. The second kappa shape index (κ2) is 8.45. The topological polar surface area (TPSA) is 78.5 Å². The van der Waals surface area contributed by atoms with Gasteiger partial charge in [-0.15, -0.1) is 6.58 Å². The van der Waals surface area contributed by atoms with E-state index in [9.17, 15) is 13.2 Å². The summed E-state index contributed by atoms with van der Waals surface area (Å²) in [5.74, 6) is -0.234. The predicted molar refractivity (Wildman–Crippen MR) is 95.7 cm³/mol. The first kappa shape index (κ1) is 19.4. The molecular formula is C17H31N3O3S. The Balaban J connectivity index is 2.14. The third-order valence-corrected chi connectivity index (χ3v) is 7.05. The quantitative estimate of drug-likeness (QED) is 0.685. The molecule has 2 aliphatic carbocycles. The lowest BCUT2D eigenvalue weighted by Crippen LogP contribution is -2.62. The molecule has 0 aromatic heterocycles. The molecule has 0 aromatic carbocycles. The Bertz CT molecular complexity index is 535. The zero-order valence-electron chi connectivity index (χ0n) is 14.7. The first-order valence-electron chi connectivity index (χ1n) is 9.07. The van der Waals surface area contributed by atoms with Gasteiger partial charge < -0.3 is 5.32 Å². The second-order valence-electron chi connectivity index (χ2n) is 7.06. The molecule has 24 heavy (non-hydrogen) atoms. The molecule has 7 heteroatoms. The summed E-state index contributed by atoms with van der Waals surface area (Å²) in [6, 6.07) is 0.0353. The van der Waals surface area contributed by atoms with Crippen LogP contribution in [0.3, 0.4) is 0 Å². The molecule has 0 heterocycles. The number of nitrogens with one attached hydrogen (secondary N) is 2. The van der Waals surface area contributed by atoms with E-state index in [1.807, 2.05) is 0 Å². The van der Waals surface area contributed by atoms with Crippen LogP contribution in [0.5, 0.6) is 0 Å². The van der Waals surface area contributed by atoms with Crippen LogP contribution in [-0.4, -0.2) is 43.8 Å². The maximum absolute atomic E-state index is 12.9. The monoisotopic (exact) mass is 357 g/mol. The molecule has 1 amide bonds. The Kier molecular flexibility index (Phi) is 6.83. The summed E-state index contributed by atoms with van der Waals surface area (Å²) in [5.41, 5.74) is -1.02. The van der Waals surface area contributed by atoms with Crippen LogP contribution >= 0.6 is 0 Å². The minimum absolute atomic E-state index is 0.0353. The summed E-state index contributed by atoms with van der Waals surface area (Å²) >= 11 is 0. The van der Waals surface area contributed by atoms with Gasteiger partial charge in [-0.3, -0.25) is 4.79 Å². The van der Waals surface area contributed by atoms with Gasteiger partial charge in [0.25, 0.3) is 10.2 Å². The van der Waals surface area contributed by atoms with E-state index >= 15 is 0 Å². The van der Waals surface area contributed by atoms with Crippen molar-refractivity contribution in [2.45, 2.75) is 75.8 Å². The van der Waals surface area contributed by atoms with E-state index in [4.69, 9.17) is 0 Å². The molecule has 0 spiro atoms. The maximum atomic E-state index is 12.9. The predicted octanol–water partition coefficient (Wildman–Crippen LogP) is 2.09. The Morgan fingerprint density at radius 3 is 2.33 bits per heavy atom. The number of carbonyl (C=O) groups excluding carboxylic acids is 1. The van der Waals surface area contributed by atoms with E-state index in [0.717, 1.165) is 44.9 Å². The van der Waals surface area contributed by atoms with Gasteiger partial charge >= 0.3 is 0 Å². The lowest BCUT2D eigenvalue weighted by Gasteiger charge is -2.39. The molecule has 138 valence electrons. The second-order valence-corrected chi connectivity index (χ2v) is 8.79. The van der Waals surface area contributed by atoms with Crippen LogP contribution in [0, 0.1) is 0 Å². The van der Waals surface area contributed by atoms with Crippen LogP contribution in [-0.2, 0) is 15.0 Å². The van der Waals surface area contributed by atoms with Crippen molar-refractivity contribution < 1.29 is 13.2 Å². The van der Waals surface area contributed by atoms with Crippen LogP contribution in [0.1, 0.15) is 64.2 Å². The van der Waals surface area contributed by atoms with Crippen molar-refractivity contribution in [3.05, 3.63) is 12.7 Å². The largest absolute Gasteiger partial charge is 0.351 e. The fraction of sp³-hybridized carbons (Fsp3) is 0.824. The van der Waals surface area contributed by atoms with Crippen LogP contribution in [0.4, 0.5) is 0 Å². The summed E-state index contributed by atoms with van der Waals surface area (Å²) in [4.78, 5) is 12.7. The maximum Gasteiger partial charge on any atom is 0.280 e. The summed E-state index contributed by atoms with van der Waals surface area (Å²) in [6.07, 6.45) is 10.6. The highest BCUT2D eigenvalue weighted by Gasteiger charge is 2.44. The first-order chi connectivity index (χ1) is 11.4. The van der Waals surface area contributed by atoms with Gasteiger partial charge in [0.1, 0.15) is 5.54 Å². The molecule has 2 aliphatic rings.